The SMILES string of the molecule is CNc1cncc(-c2c[nH]c(=O)c(NC(=O)c3ccc(N4CCC[C@H]4CN4CCCC4)cc3)c2)n1.O=C1CCC(=O)N1c1ccc2nc(Cc3cc(Cc4ccccc4)nc(NC4CCC(O)CC4)n3)sc2c1.O=C1COc2ccc(C(=O)CCN3CCOCC3)cc2C1. The highest BCUT2D eigenvalue weighted by Crippen LogP contribution is 2.33. The van der Waals surface area contributed by atoms with Crippen molar-refractivity contribution in [1.82, 2.24) is 39.7 Å². The number of nitrogens with one attached hydrogen (secondary N) is 4. The van der Waals surface area contributed by atoms with Gasteiger partial charge in [0.1, 0.15) is 23.9 Å². The first-order valence-corrected chi connectivity index (χ1v) is 33.5. The molecule has 23 heteroatoms. The zero-order chi connectivity index (χ0) is 64.9. The molecule has 4 aromatic carbocycles. The van der Waals surface area contributed by atoms with E-state index in [2.05, 4.69) is 57.7 Å². The molecule has 3 amide bonds. The van der Waals surface area contributed by atoms with E-state index in [1.54, 1.807) is 67.3 Å². The van der Waals surface area contributed by atoms with Gasteiger partial charge < -0.3 is 45.3 Å². The zero-order valence-corrected chi connectivity index (χ0v) is 53.7. The van der Waals surface area contributed by atoms with Crippen LogP contribution in [-0.4, -0.2) is 165 Å². The number of nitrogens with zero attached hydrogens (tertiary/aromatic N) is 9. The average molecular weight is 1290 g/mol. The van der Waals surface area contributed by atoms with Gasteiger partial charge in [-0.15, -0.1) is 11.3 Å². The number of ketones is 2. The van der Waals surface area contributed by atoms with E-state index < -0.39 is 0 Å². The number of hydrogen-bond donors (Lipinski definition) is 5. The average Bonchev–Trinajstić information content (AvgIpc) is 1.59. The summed E-state index contributed by atoms with van der Waals surface area (Å²) >= 11 is 1.55. The van der Waals surface area contributed by atoms with E-state index in [0.717, 1.165) is 115 Å². The molecular formula is C71H79N13O9S. The lowest BCUT2D eigenvalue weighted by atomic mass is 9.93. The minimum atomic E-state index is -0.377. The number of thiazole rings is 1. The molecular weight excluding hydrogens is 1210 g/mol. The number of rotatable bonds is 18. The predicted octanol–water partition coefficient (Wildman–Crippen LogP) is 8.92. The number of fused-ring (bicyclic) bond motifs is 2. The van der Waals surface area contributed by atoms with Gasteiger partial charge in [0.15, 0.2) is 11.6 Å². The number of pyridine rings is 1. The highest BCUT2D eigenvalue weighted by Gasteiger charge is 2.32. The van der Waals surface area contributed by atoms with E-state index in [0.29, 0.717) is 71.6 Å². The van der Waals surface area contributed by atoms with Gasteiger partial charge in [-0.1, -0.05) is 30.3 Å². The summed E-state index contributed by atoms with van der Waals surface area (Å²) in [5.74, 6) is 1.48. The van der Waals surface area contributed by atoms with Crippen LogP contribution in [0.15, 0.2) is 127 Å². The van der Waals surface area contributed by atoms with Gasteiger partial charge in [0, 0.05) is 125 Å². The van der Waals surface area contributed by atoms with E-state index in [4.69, 9.17) is 24.4 Å². The molecule has 1 saturated carbocycles. The number of amides is 3. The van der Waals surface area contributed by atoms with E-state index >= 15 is 0 Å². The van der Waals surface area contributed by atoms with Gasteiger partial charge >= 0.3 is 0 Å². The summed E-state index contributed by atoms with van der Waals surface area (Å²) in [5.41, 5.74) is 8.62. The summed E-state index contributed by atoms with van der Waals surface area (Å²) in [5, 5.41) is 20.0. The number of carbonyl (C=O) groups excluding carboxylic acids is 5. The van der Waals surface area contributed by atoms with Gasteiger partial charge in [-0.25, -0.2) is 19.9 Å². The molecule has 0 bridgehead atoms. The van der Waals surface area contributed by atoms with Crippen molar-refractivity contribution in [2.45, 2.75) is 108 Å². The van der Waals surface area contributed by atoms with Gasteiger partial charge in [-0.3, -0.25) is 43.6 Å². The number of carbonyl (C=O) groups is 5. The Hall–Kier alpha value is -9.13. The van der Waals surface area contributed by atoms with Crippen molar-refractivity contribution in [3.8, 4) is 17.0 Å². The van der Waals surface area contributed by atoms with Crippen LogP contribution < -0.4 is 36.0 Å². The number of aromatic amines is 1. The first-order valence-electron chi connectivity index (χ1n) is 32.7. The lowest BCUT2D eigenvalue weighted by molar-refractivity contribution is -0.122. The lowest BCUT2D eigenvalue weighted by Crippen LogP contribution is -2.39. The molecule has 22 nitrogen and oxygen atoms in total. The fourth-order valence-electron chi connectivity index (χ4n) is 12.9. The first kappa shape index (κ1) is 65.0. The molecule has 0 spiro atoms. The normalized spacial score (nSPS) is 19.0. The number of morpholine rings is 1. The summed E-state index contributed by atoms with van der Waals surface area (Å²) < 4.78 is 11.6. The molecule has 6 aliphatic rings. The van der Waals surface area contributed by atoms with Crippen molar-refractivity contribution in [1.29, 1.82) is 0 Å². The van der Waals surface area contributed by atoms with Crippen LogP contribution in [0.4, 0.5) is 28.8 Å². The van der Waals surface area contributed by atoms with E-state index in [-0.39, 0.29) is 72.1 Å². The van der Waals surface area contributed by atoms with Crippen molar-refractivity contribution in [2.24, 2.45) is 0 Å². The molecule has 0 radical (unpaired) electrons. The number of aromatic nitrogens is 6. The van der Waals surface area contributed by atoms with Crippen LogP contribution in [0.25, 0.3) is 21.5 Å². The second-order valence-electron chi connectivity index (χ2n) is 24.7. The molecule has 5 N–H and O–H groups in total. The number of imide groups is 1. The van der Waals surface area contributed by atoms with Crippen molar-refractivity contribution in [3.63, 3.8) is 0 Å². The molecule has 5 fully saturated rings. The number of hydrogen-bond acceptors (Lipinski definition) is 20. The lowest BCUT2D eigenvalue weighted by Gasteiger charge is -2.30. The number of ether oxygens (including phenoxy) is 2. The summed E-state index contributed by atoms with van der Waals surface area (Å²) in [4.78, 5) is 108. The standard InChI is InChI=1S/C29H29N5O3S.C26H31N7O2.C16H19NO4/c35-23-9-6-19(7-10-23)30-29-31-20(14-18-4-2-1-3-5-18)15-21(32-29)16-26-33-24-11-8-22(17-25(24)38-26)34-27(36)12-13-28(34)37;1-27-24-16-28-15-23(30-24)19-13-22(26(35)29-14-19)31-25(34)18-6-8-20(9-7-18)33-12-4-5-21(33)17-32-10-2-3-11-32;18-14-10-13-9-12(1-2-16(13)21-11-14)15(19)3-4-17-5-7-20-8-6-17/h1-5,8,11,15,17,19,23,35H,6-7,9-10,12-14,16H2,(H,30,31,32);6-9,13-16,21H,2-5,10-12,17H2,1H3,(H,27,30)(H,29,35)(H,31,34);1-2,9H,3-8,10-11H2/t;21-;/m.0./s1. The fraction of sp³-hybridized carbons (Fsp3) is 0.394. The van der Waals surface area contributed by atoms with Crippen molar-refractivity contribution in [3.05, 3.63) is 171 Å². The van der Waals surface area contributed by atoms with Gasteiger partial charge in [-0.2, -0.15) is 0 Å². The fourth-order valence-corrected chi connectivity index (χ4v) is 13.9. The third-order valence-electron chi connectivity index (χ3n) is 17.9. The van der Waals surface area contributed by atoms with Crippen molar-refractivity contribution in [2.75, 3.05) is 98.4 Å². The quantitative estimate of drug-likeness (QED) is 0.0396. The predicted molar refractivity (Wildman–Crippen MR) is 362 cm³/mol. The van der Waals surface area contributed by atoms with E-state index in [1.807, 2.05) is 60.7 Å². The summed E-state index contributed by atoms with van der Waals surface area (Å²) in [6.07, 6.45) is 15.6. The van der Waals surface area contributed by atoms with Gasteiger partial charge in [0.05, 0.1) is 69.7 Å². The topological polar surface area (TPSA) is 270 Å². The Morgan fingerprint density at radius 1 is 0.734 bits per heavy atom. The van der Waals surface area contributed by atoms with Crippen LogP contribution in [0.2, 0.25) is 0 Å². The Bertz CT molecular complexity index is 4040. The maximum absolute atomic E-state index is 12.9. The van der Waals surface area contributed by atoms with Crippen LogP contribution in [0.3, 0.4) is 0 Å². The maximum Gasteiger partial charge on any atom is 0.271 e. The zero-order valence-electron chi connectivity index (χ0n) is 52.9. The largest absolute Gasteiger partial charge is 0.486 e. The Morgan fingerprint density at radius 3 is 2.24 bits per heavy atom. The van der Waals surface area contributed by atoms with E-state index in [1.165, 1.54) is 49.2 Å². The molecule has 14 rings (SSSR count). The Morgan fingerprint density at radius 2 is 1.48 bits per heavy atom. The molecule has 4 aromatic heterocycles. The Labute approximate surface area is 549 Å². The minimum absolute atomic E-state index is 0.0559. The minimum Gasteiger partial charge on any atom is -0.486 e. The van der Waals surface area contributed by atoms with E-state index in [9.17, 15) is 33.9 Å². The number of anilines is 5. The molecule has 0 unspecified atom stereocenters. The summed E-state index contributed by atoms with van der Waals surface area (Å²) in [7, 11) is 1.76. The third kappa shape index (κ3) is 16.8. The molecule has 5 aliphatic heterocycles. The molecule has 4 saturated heterocycles. The van der Waals surface area contributed by atoms with Crippen LogP contribution in [0, 0.1) is 0 Å². The number of H-pyrrole nitrogens is 1. The molecule has 1 aliphatic carbocycles. The third-order valence-corrected chi connectivity index (χ3v) is 18.9. The smallest absolute Gasteiger partial charge is 0.271 e. The van der Waals surface area contributed by atoms with Gasteiger partial charge in [0.25, 0.3) is 11.5 Å². The molecule has 1 atom stereocenters. The number of aliphatic hydroxyl groups excluding tert-OH is 1. The summed E-state index contributed by atoms with van der Waals surface area (Å²) in [6.45, 7) is 8.73. The first-order chi connectivity index (χ1) is 45.8. The highest BCUT2D eigenvalue weighted by molar-refractivity contribution is 7.18. The van der Waals surface area contributed by atoms with Crippen LogP contribution in [0.5, 0.6) is 5.75 Å². The molecule has 8 aromatic rings. The van der Waals surface area contributed by atoms with Gasteiger partial charge in [-0.05, 0) is 143 Å². The molecule has 9 heterocycles. The van der Waals surface area contributed by atoms with Crippen molar-refractivity contribution >= 4 is 79.7 Å². The number of Topliss-reactive ketones (excluding diaryl/α,β-unsaturated/α-hetero) is 2. The number of aliphatic hydroxyl groups is 1. The second-order valence-corrected chi connectivity index (χ2v) is 25.8. The summed E-state index contributed by atoms with van der Waals surface area (Å²) in [6, 6.07) is 33.3. The Balaban J connectivity index is 0.000000141. The van der Waals surface area contributed by atoms with Crippen molar-refractivity contribution < 1.29 is 38.6 Å². The van der Waals surface area contributed by atoms with Crippen LogP contribution in [-0.2, 0) is 38.4 Å². The Kier molecular flexibility index (Phi) is 21.2. The second kappa shape index (κ2) is 30.7. The van der Waals surface area contributed by atoms with Crippen LogP contribution in [0.1, 0.15) is 119 Å². The maximum atomic E-state index is 12.9. The van der Waals surface area contributed by atoms with Gasteiger partial charge in [0.2, 0.25) is 17.8 Å². The van der Waals surface area contributed by atoms with Crippen LogP contribution >= 0.6 is 11.3 Å². The number of benzene rings is 4. The molecule has 94 heavy (non-hydrogen) atoms. The number of likely N-dealkylation sites (tertiary alicyclic amines) is 1. The molecule has 488 valence electrons. The monoisotopic (exact) mass is 1290 g/mol. The highest BCUT2D eigenvalue weighted by atomic mass is 32.1.